The van der Waals surface area contributed by atoms with Crippen molar-refractivity contribution >= 4 is 0 Å². The van der Waals surface area contributed by atoms with Gasteiger partial charge in [0.1, 0.15) is 5.82 Å². The zero-order valence-electron chi connectivity index (χ0n) is 20.1. The van der Waals surface area contributed by atoms with E-state index in [1.807, 2.05) is 0 Å². The zero-order chi connectivity index (χ0) is 24.1. The smallest absolute Gasteiger partial charge is 0.166 e. The lowest BCUT2D eigenvalue weighted by Crippen LogP contribution is -2.22. The molecule has 0 N–H and O–H groups in total. The molecule has 1 fully saturated rings. The minimum Gasteiger partial charge on any atom is -0.207 e. The third kappa shape index (κ3) is 5.40. The maximum absolute atomic E-state index is 15.1. The fourth-order valence-electron chi connectivity index (χ4n) is 5.81. The van der Waals surface area contributed by atoms with E-state index in [1.54, 1.807) is 30.3 Å². The van der Waals surface area contributed by atoms with E-state index in [0.29, 0.717) is 47.3 Å². The van der Waals surface area contributed by atoms with Gasteiger partial charge in [0.2, 0.25) is 0 Å². The van der Waals surface area contributed by atoms with Crippen LogP contribution in [0.3, 0.4) is 0 Å². The molecule has 0 saturated heterocycles. The number of hydrogen-bond acceptors (Lipinski definition) is 0. The first-order chi connectivity index (χ1) is 16.5. The van der Waals surface area contributed by atoms with Crippen LogP contribution < -0.4 is 0 Å². The molecule has 2 aromatic carbocycles. The summed E-state index contributed by atoms with van der Waals surface area (Å²) in [5.74, 6) is 0.00839. The molecule has 2 aliphatic rings. The highest BCUT2D eigenvalue weighted by molar-refractivity contribution is 5.65. The number of halogens is 3. The third-order valence-electron chi connectivity index (χ3n) is 7.79. The topological polar surface area (TPSA) is 0 Å². The highest BCUT2D eigenvalue weighted by Gasteiger charge is 2.30. The van der Waals surface area contributed by atoms with Crippen LogP contribution in [0.5, 0.6) is 0 Å². The molecule has 1 saturated carbocycles. The SMILES string of the molecule is C=CCCc1ccc(-c2ccc(C3CCC(C4C=CC(C=CC)CC4)CC3)c(F)c2)c(F)c1F. The Kier molecular flexibility index (Phi) is 8.13. The van der Waals surface area contributed by atoms with Crippen LogP contribution in [-0.2, 0) is 6.42 Å². The predicted molar refractivity (Wildman–Crippen MR) is 135 cm³/mol. The van der Waals surface area contributed by atoms with Gasteiger partial charge in [0.05, 0.1) is 0 Å². The first kappa shape index (κ1) is 24.6. The van der Waals surface area contributed by atoms with Crippen molar-refractivity contribution in [1.29, 1.82) is 0 Å². The second-order valence-electron chi connectivity index (χ2n) is 9.89. The van der Waals surface area contributed by atoms with Crippen LogP contribution in [-0.4, -0.2) is 0 Å². The highest BCUT2D eigenvalue weighted by Crippen LogP contribution is 2.43. The second-order valence-corrected chi connectivity index (χ2v) is 9.89. The molecule has 0 aliphatic heterocycles. The zero-order valence-corrected chi connectivity index (χ0v) is 20.1. The van der Waals surface area contributed by atoms with Gasteiger partial charge in [-0.25, -0.2) is 13.2 Å². The lowest BCUT2D eigenvalue weighted by atomic mass is 9.70. The second kappa shape index (κ2) is 11.3. The maximum atomic E-state index is 15.1. The summed E-state index contributed by atoms with van der Waals surface area (Å²) in [6.07, 6.45) is 18.4. The van der Waals surface area contributed by atoms with Crippen molar-refractivity contribution in [3.63, 3.8) is 0 Å². The van der Waals surface area contributed by atoms with Crippen LogP contribution in [0.4, 0.5) is 13.2 Å². The Labute approximate surface area is 202 Å². The van der Waals surface area contributed by atoms with Gasteiger partial charge >= 0.3 is 0 Å². The van der Waals surface area contributed by atoms with Crippen LogP contribution in [0.2, 0.25) is 0 Å². The normalized spacial score (nSPS) is 25.1. The summed E-state index contributed by atoms with van der Waals surface area (Å²) >= 11 is 0. The molecule has 180 valence electrons. The first-order valence-electron chi connectivity index (χ1n) is 12.7. The van der Waals surface area contributed by atoms with Gasteiger partial charge in [-0.3, -0.25) is 0 Å². The van der Waals surface area contributed by atoms with Crippen molar-refractivity contribution in [2.75, 3.05) is 0 Å². The van der Waals surface area contributed by atoms with Crippen LogP contribution in [0.1, 0.15) is 68.9 Å². The van der Waals surface area contributed by atoms with Crippen molar-refractivity contribution in [2.24, 2.45) is 17.8 Å². The van der Waals surface area contributed by atoms with Gasteiger partial charge in [-0.1, -0.05) is 54.6 Å². The van der Waals surface area contributed by atoms with Gasteiger partial charge in [-0.2, -0.15) is 0 Å². The Morgan fingerprint density at radius 1 is 0.912 bits per heavy atom. The number of benzene rings is 2. The number of rotatable bonds is 7. The van der Waals surface area contributed by atoms with Gasteiger partial charge in [0, 0.05) is 5.56 Å². The van der Waals surface area contributed by atoms with E-state index in [4.69, 9.17) is 0 Å². The Hall–Kier alpha value is -2.55. The van der Waals surface area contributed by atoms with Crippen LogP contribution in [0, 0.1) is 35.2 Å². The van der Waals surface area contributed by atoms with Gasteiger partial charge in [-0.05, 0) is 105 Å². The summed E-state index contributed by atoms with van der Waals surface area (Å²) < 4.78 is 44.3. The molecule has 34 heavy (non-hydrogen) atoms. The maximum Gasteiger partial charge on any atom is 0.166 e. The average Bonchev–Trinajstić information content (AvgIpc) is 2.86. The summed E-state index contributed by atoms with van der Waals surface area (Å²) in [5.41, 5.74) is 1.51. The number of aryl methyl sites for hydroxylation is 1. The summed E-state index contributed by atoms with van der Waals surface area (Å²) in [5, 5.41) is 0. The van der Waals surface area contributed by atoms with Gasteiger partial charge in [0.25, 0.3) is 0 Å². The fraction of sp³-hybridized carbons (Fsp3) is 0.419. The van der Waals surface area contributed by atoms with E-state index in [-0.39, 0.29) is 17.3 Å². The van der Waals surface area contributed by atoms with Crippen molar-refractivity contribution in [2.45, 2.75) is 64.2 Å². The molecule has 0 aromatic heterocycles. The Bertz CT molecular complexity index is 1060. The fourth-order valence-corrected chi connectivity index (χ4v) is 5.81. The summed E-state index contributed by atoms with van der Waals surface area (Å²) in [7, 11) is 0. The molecule has 0 amide bonds. The minimum atomic E-state index is -0.911. The van der Waals surface area contributed by atoms with E-state index in [0.717, 1.165) is 25.7 Å². The molecular formula is C31H35F3. The monoisotopic (exact) mass is 464 g/mol. The molecule has 2 unspecified atom stereocenters. The van der Waals surface area contributed by atoms with Crippen molar-refractivity contribution in [1.82, 2.24) is 0 Å². The van der Waals surface area contributed by atoms with E-state index in [9.17, 15) is 8.78 Å². The summed E-state index contributed by atoms with van der Waals surface area (Å²) in [6, 6.07) is 8.02. The van der Waals surface area contributed by atoms with Crippen LogP contribution in [0.15, 0.2) is 67.3 Å². The molecule has 0 bridgehead atoms. The predicted octanol–water partition coefficient (Wildman–Crippen LogP) is 9.32. The molecule has 0 nitrogen and oxygen atoms in total. The van der Waals surface area contributed by atoms with Crippen molar-refractivity contribution in [3.05, 3.63) is 95.9 Å². The Morgan fingerprint density at radius 3 is 2.35 bits per heavy atom. The van der Waals surface area contributed by atoms with Crippen LogP contribution in [0.25, 0.3) is 11.1 Å². The molecule has 2 atom stereocenters. The number of allylic oxidation sites excluding steroid dienone is 5. The highest BCUT2D eigenvalue weighted by atomic mass is 19.2. The minimum absolute atomic E-state index is 0.106. The van der Waals surface area contributed by atoms with E-state index < -0.39 is 11.6 Å². The van der Waals surface area contributed by atoms with Crippen LogP contribution >= 0.6 is 0 Å². The largest absolute Gasteiger partial charge is 0.207 e. The standard InChI is InChI=1S/C31H35F3/c1-3-5-7-25-16-19-28(31(34)30(25)33)26-17-18-27(29(32)20-26)24-14-12-23(13-15-24)22-10-8-21(6-4-2)9-11-22/h3-4,6,8,10,16-24H,1,5,7,9,11-15H2,2H3. The molecule has 3 heteroatoms. The Balaban J connectivity index is 1.42. The lowest BCUT2D eigenvalue weighted by molar-refractivity contribution is 0.243. The Morgan fingerprint density at radius 2 is 1.71 bits per heavy atom. The number of hydrogen-bond donors (Lipinski definition) is 0. The molecule has 0 spiro atoms. The van der Waals surface area contributed by atoms with Gasteiger partial charge in [0.15, 0.2) is 11.6 Å². The van der Waals surface area contributed by atoms with Gasteiger partial charge < -0.3 is 0 Å². The van der Waals surface area contributed by atoms with Crippen molar-refractivity contribution in [3.8, 4) is 11.1 Å². The van der Waals surface area contributed by atoms with E-state index >= 15 is 4.39 Å². The lowest BCUT2D eigenvalue weighted by Gasteiger charge is -2.35. The van der Waals surface area contributed by atoms with Gasteiger partial charge in [-0.15, -0.1) is 6.58 Å². The average molecular weight is 465 g/mol. The molecule has 2 aromatic rings. The molecule has 2 aliphatic carbocycles. The van der Waals surface area contributed by atoms with Crippen molar-refractivity contribution < 1.29 is 13.2 Å². The quantitative estimate of drug-likeness (QED) is 0.358. The third-order valence-corrected chi connectivity index (χ3v) is 7.79. The first-order valence-corrected chi connectivity index (χ1v) is 12.7. The summed E-state index contributed by atoms with van der Waals surface area (Å²) in [6.45, 7) is 5.70. The molecular weight excluding hydrogens is 429 g/mol. The molecule has 0 heterocycles. The molecule has 4 rings (SSSR count). The van der Waals surface area contributed by atoms with E-state index in [2.05, 4.69) is 37.8 Å². The molecule has 0 radical (unpaired) electrons. The summed E-state index contributed by atoms with van der Waals surface area (Å²) in [4.78, 5) is 0. The van der Waals surface area contributed by atoms with E-state index in [1.165, 1.54) is 18.9 Å².